The van der Waals surface area contributed by atoms with E-state index in [1.807, 2.05) is 38.1 Å². The Morgan fingerprint density at radius 2 is 1.85 bits per heavy atom. The molecule has 0 heterocycles. The lowest BCUT2D eigenvalue weighted by molar-refractivity contribution is -0.145. The van der Waals surface area contributed by atoms with Crippen LogP contribution in [0.25, 0.3) is 0 Å². The van der Waals surface area contributed by atoms with Crippen molar-refractivity contribution in [2.24, 2.45) is 0 Å². The van der Waals surface area contributed by atoms with Gasteiger partial charge in [-0.3, -0.25) is 4.79 Å². The van der Waals surface area contributed by atoms with Crippen LogP contribution in [0.1, 0.15) is 31.1 Å². The van der Waals surface area contributed by atoms with Gasteiger partial charge in [0.25, 0.3) is 0 Å². The van der Waals surface area contributed by atoms with Crippen LogP contribution in [0, 0.1) is 6.92 Å². The third-order valence-electron chi connectivity index (χ3n) is 1.89. The molecule has 1 aromatic carbocycles. The summed E-state index contributed by atoms with van der Waals surface area (Å²) in [6.45, 7) is 5.32. The first-order valence-corrected chi connectivity index (χ1v) is 4.33. The molecule has 1 atom stereocenters. The molecule has 0 aliphatic carbocycles. The molecule has 0 amide bonds. The van der Waals surface area contributed by atoms with Crippen LogP contribution in [0.3, 0.4) is 0 Å². The van der Waals surface area contributed by atoms with Crippen molar-refractivity contribution in [1.29, 1.82) is 0 Å². The van der Waals surface area contributed by atoms with Crippen molar-refractivity contribution in [3.63, 3.8) is 0 Å². The second-order valence-electron chi connectivity index (χ2n) is 3.16. The molecular weight excluding hydrogens is 164 g/mol. The third kappa shape index (κ3) is 2.90. The van der Waals surface area contributed by atoms with Crippen LogP contribution in [0.4, 0.5) is 0 Å². The number of carbonyl (C=O) groups is 1. The van der Waals surface area contributed by atoms with Gasteiger partial charge in [-0.1, -0.05) is 29.8 Å². The number of aryl methyl sites for hydroxylation is 1. The van der Waals surface area contributed by atoms with Gasteiger partial charge in [0, 0.05) is 6.92 Å². The highest BCUT2D eigenvalue weighted by atomic mass is 16.5. The molecule has 0 aromatic heterocycles. The Morgan fingerprint density at radius 3 is 2.31 bits per heavy atom. The molecular formula is C11H14O2. The largest absolute Gasteiger partial charge is 0.458 e. The summed E-state index contributed by atoms with van der Waals surface area (Å²) >= 11 is 0. The van der Waals surface area contributed by atoms with E-state index in [0.717, 1.165) is 5.56 Å². The van der Waals surface area contributed by atoms with Crippen molar-refractivity contribution < 1.29 is 9.53 Å². The van der Waals surface area contributed by atoms with Gasteiger partial charge in [-0.05, 0) is 19.4 Å². The number of ether oxygens (including phenoxy) is 1. The lowest BCUT2D eigenvalue weighted by Gasteiger charge is -2.11. The van der Waals surface area contributed by atoms with Gasteiger partial charge in [0.2, 0.25) is 0 Å². The van der Waals surface area contributed by atoms with Crippen LogP contribution in [0.2, 0.25) is 0 Å². The SMILES string of the molecule is CC(=O)O[C@@H](C)c1ccc(C)cc1. The molecule has 70 valence electrons. The van der Waals surface area contributed by atoms with E-state index in [9.17, 15) is 4.79 Å². The number of rotatable bonds is 2. The minimum atomic E-state index is -0.243. The fourth-order valence-corrected chi connectivity index (χ4v) is 1.15. The van der Waals surface area contributed by atoms with Crippen molar-refractivity contribution in [1.82, 2.24) is 0 Å². The Hall–Kier alpha value is -1.31. The predicted molar refractivity (Wildman–Crippen MR) is 51.4 cm³/mol. The molecule has 0 unspecified atom stereocenters. The second kappa shape index (κ2) is 4.08. The van der Waals surface area contributed by atoms with Crippen molar-refractivity contribution in [2.75, 3.05) is 0 Å². The summed E-state index contributed by atoms with van der Waals surface area (Å²) in [6.07, 6.45) is -0.155. The van der Waals surface area contributed by atoms with Crippen LogP contribution in [0.5, 0.6) is 0 Å². The predicted octanol–water partition coefficient (Wildman–Crippen LogP) is 2.62. The van der Waals surface area contributed by atoms with Gasteiger partial charge in [-0.15, -0.1) is 0 Å². The van der Waals surface area contributed by atoms with Crippen LogP contribution in [0.15, 0.2) is 24.3 Å². The lowest BCUT2D eigenvalue weighted by atomic mass is 10.1. The standard InChI is InChI=1S/C11H14O2/c1-8-4-6-11(7-5-8)9(2)13-10(3)12/h4-7,9H,1-3H3/t9-/m0/s1. The first kappa shape index (κ1) is 9.78. The average molecular weight is 178 g/mol. The maximum Gasteiger partial charge on any atom is 0.303 e. The highest BCUT2D eigenvalue weighted by Gasteiger charge is 2.06. The van der Waals surface area contributed by atoms with Crippen molar-refractivity contribution in [2.45, 2.75) is 26.9 Å². The summed E-state index contributed by atoms with van der Waals surface area (Å²) < 4.78 is 5.04. The molecule has 1 rings (SSSR count). The zero-order valence-corrected chi connectivity index (χ0v) is 8.20. The minimum Gasteiger partial charge on any atom is -0.458 e. The summed E-state index contributed by atoms with van der Waals surface area (Å²) in [6, 6.07) is 7.97. The highest BCUT2D eigenvalue weighted by molar-refractivity contribution is 5.66. The summed E-state index contributed by atoms with van der Waals surface area (Å²) in [5, 5.41) is 0. The molecule has 2 nitrogen and oxygen atoms in total. The van der Waals surface area contributed by atoms with Crippen LogP contribution in [-0.2, 0) is 9.53 Å². The van der Waals surface area contributed by atoms with Gasteiger partial charge < -0.3 is 4.74 Å². The Bertz CT molecular complexity index is 287. The smallest absolute Gasteiger partial charge is 0.303 e. The summed E-state index contributed by atoms with van der Waals surface area (Å²) in [5.74, 6) is -0.243. The Labute approximate surface area is 78.5 Å². The molecule has 1 aromatic rings. The molecule has 0 N–H and O–H groups in total. The first-order valence-electron chi connectivity index (χ1n) is 4.33. The van der Waals surface area contributed by atoms with Crippen LogP contribution < -0.4 is 0 Å². The van der Waals surface area contributed by atoms with Crippen LogP contribution in [-0.4, -0.2) is 5.97 Å². The maximum absolute atomic E-state index is 10.7. The number of hydrogen-bond acceptors (Lipinski definition) is 2. The third-order valence-corrected chi connectivity index (χ3v) is 1.89. The monoisotopic (exact) mass is 178 g/mol. The number of esters is 1. The van der Waals surface area contributed by atoms with Crippen molar-refractivity contribution in [3.8, 4) is 0 Å². The van der Waals surface area contributed by atoms with E-state index in [1.54, 1.807) is 0 Å². The van der Waals surface area contributed by atoms with Crippen molar-refractivity contribution >= 4 is 5.97 Å². The van der Waals surface area contributed by atoms with E-state index in [-0.39, 0.29) is 12.1 Å². The van der Waals surface area contributed by atoms with Crippen molar-refractivity contribution in [3.05, 3.63) is 35.4 Å². The average Bonchev–Trinajstić information content (AvgIpc) is 2.04. The van der Waals surface area contributed by atoms with E-state index in [4.69, 9.17) is 4.74 Å². The normalized spacial score (nSPS) is 12.2. The summed E-state index contributed by atoms with van der Waals surface area (Å²) in [7, 11) is 0. The Morgan fingerprint density at radius 1 is 1.31 bits per heavy atom. The lowest BCUT2D eigenvalue weighted by Crippen LogP contribution is -2.04. The Kier molecular flexibility index (Phi) is 3.07. The summed E-state index contributed by atoms with van der Waals surface area (Å²) in [4.78, 5) is 10.7. The molecule has 2 heteroatoms. The molecule has 0 bridgehead atoms. The van der Waals surface area contributed by atoms with E-state index in [0.29, 0.717) is 0 Å². The zero-order chi connectivity index (χ0) is 9.84. The topological polar surface area (TPSA) is 26.3 Å². The van der Waals surface area contributed by atoms with E-state index in [1.165, 1.54) is 12.5 Å². The van der Waals surface area contributed by atoms with Gasteiger partial charge in [0.15, 0.2) is 0 Å². The fraction of sp³-hybridized carbons (Fsp3) is 0.364. The molecule has 13 heavy (non-hydrogen) atoms. The molecule has 0 saturated carbocycles. The molecule has 0 saturated heterocycles. The number of hydrogen-bond donors (Lipinski definition) is 0. The molecule has 0 aliphatic rings. The minimum absolute atomic E-state index is 0.155. The zero-order valence-electron chi connectivity index (χ0n) is 8.20. The van der Waals surface area contributed by atoms with Gasteiger partial charge in [-0.25, -0.2) is 0 Å². The molecule has 0 fully saturated rings. The van der Waals surface area contributed by atoms with E-state index in [2.05, 4.69) is 0 Å². The number of benzene rings is 1. The molecule has 0 radical (unpaired) electrons. The van der Waals surface area contributed by atoms with Crippen LogP contribution >= 0.6 is 0 Å². The van der Waals surface area contributed by atoms with Gasteiger partial charge in [0.05, 0.1) is 0 Å². The fourth-order valence-electron chi connectivity index (χ4n) is 1.15. The van der Waals surface area contributed by atoms with E-state index >= 15 is 0 Å². The van der Waals surface area contributed by atoms with Gasteiger partial charge >= 0.3 is 5.97 Å². The van der Waals surface area contributed by atoms with Gasteiger partial charge in [-0.2, -0.15) is 0 Å². The maximum atomic E-state index is 10.7. The van der Waals surface area contributed by atoms with E-state index < -0.39 is 0 Å². The first-order chi connectivity index (χ1) is 6.09. The molecule has 0 aliphatic heterocycles. The highest BCUT2D eigenvalue weighted by Crippen LogP contribution is 2.16. The quantitative estimate of drug-likeness (QED) is 0.651. The number of carbonyl (C=O) groups excluding carboxylic acids is 1. The summed E-state index contributed by atoms with van der Waals surface area (Å²) in [5.41, 5.74) is 2.24. The second-order valence-corrected chi connectivity index (χ2v) is 3.16. The Balaban J connectivity index is 2.71. The molecule has 0 spiro atoms. The van der Waals surface area contributed by atoms with Gasteiger partial charge in [0.1, 0.15) is 6.10 Å².